The van der Waals surface area contributed by atoms with Crippen molar-refractivity contribution < 1.29 is 0 Å². The van der Waals surface area contributed by atoms with Crippen molar-refractivity contribution in [1.29, 1.82) is 0 Å². The van der Waals surface area contributed by atoms with Gasteiger partial charge < -0.3 is 0 Å². The van der Waals surface area contributed by atoms with Gasteiger partial charge >= 0.3 is 0 Å². The Hall–Kier alpha value is -0.350. The number of rotatable bonds is 4. The molecule has 0 aliphatic rings. The number of aryl methyl sites for hydroxylation is 2. The van der Waals surface area contributed by atoms with Gasteiger partial charge in [0.1, 0.15) is 0 Å². The van der Waals surface area contributed by atoms with Crippen molar-refractivity contribution in [1.82, 2.24) is 0 Å². The monoisotopic (exact) mass is 428 g/mol. The number of hydrogen-bond donors (Lipinski definition) is 0. The Morgan fingerprint density at radius 2 is 1.63 bits per heavy atom. The highest BCUT2D eigenvalue weighted by atomic mass is 127. The molecule has 1 unspecified atom stereocenters. The maximum atomic E-state index is 3.83. The van der Waals surface area contributed by atoms with Gasteiger partial charge in [-0.3, -0.25) is 0 Å². The lowest BCUT2D eigenvalue weighted by molar-refractivity contribution is 1.02. The van der Waals surface area contributed by atoms with Gasteiger partial charge in [0.05, 0.1) is 4.83 Å². The van der Waals surface area contributed by atoms with Gasteiger partial charge in [-0.05, 0) is 69.8 Å². The quantitative estimate of drug-likeness (QED) is 0.420. The minimum atomic E-state index is 0.276. The normalized spacial score (nSPS) is 12.4. The van der Waals surface area contributed by atoms with Gasteiger partial charge in [-0.15, -0.1) is 0 Å². The first-order valence-electron chi connectivity index (χ1n) is 6.67. The zero-order chi connectivity index (χ0) is 13.8. The molecule has 0 nitrogen and oxygen atoms in total. The largest absolute Gasteiger partial charge is 0.0786 e. The molecule has 0 bridgehead atoms. The van der Waals surface area contributed by atoms with E-state index in [9.17, 15) is 0 Å². The Morgan fingerprint density at radius 1 is 0.947 bits per heavy atom. The fourth-order valence-electron chi connectivity index (χ4n) is 2.33. The second-order valence-corrected chi connectivity index (χ2v) is 6.81. The fraction of sp³-hybridized carbons (Fsp3) is 0.294. The van der Waals surface area contributed by atoms with Crippen LogP contribution in [0, 0.1) is 3.57 Å². The van der Waals surface area contributed by atoms with E-state index in [4.69, 9.17) is 0 Å². The standard InChI is InChI=1S/C17H18BrI/c1-3-12-8-9-15(10-13(12)4-2)17(18)14-6-5-7-16(19)11-14/h5-11,17H,3-4H2,1-2H3. The molecule has 2 aromatic carbocycles. The Kier molecular flexibility index (Phi) is 5.46. The molecule has 100 valence electrons. The average Bonchev–Trinajstić information content (AvgIpc) is 2.45. The smallest absolute Gasteiger partial charge is 0.0645 e. The summed E-state index contributed by atoms with van der Waals surface area (Å²) in [6, 6.07) is 15.5. The van der Waals surface area contributed by atoms with Crippen molar-refractivity contribution in [3.05, 3.63) is 68.3 Å². The average molecular weight is 429 g/mol. The van der Waals surface area contributed by atoms with E-state index < -0.39 is 0 Å². The second-order valence-electron chi connectivity index (χ2n) is 4.65. The summed E-state index contributed by atoms with van der Waals surface area (Å²) in [5, 5.41) is 0. The summed E-state index contributed by atoms with van der Waals surface area (Å²) in [5.74, 6) is 0. The van der Waals surface area contributed by atoms with E-state index in [0.29, 0.717) is 0 Å². The van der Waals surface area contributed by atoms with Gasteiger partial charge in [0.25, 0.3) is 0 Å². The van der Waals surface area contributed by atoms with Crippen LogP contribution in [0.15, 0.2) is 42.5 Å². The molecule has 0 saturated carbocycles. The van der Waals surface area contributed by atoms with Crippen LogP contribution in [0.2, 0.25) is 0 Å². The molecule has 0 N–H and O–H groups in total. The molecule has 19 heavy (non-hydrogen) atoms. The van der Waals surface area contributed by atoms with Crippen LogP contribution in [0.4, 0.5) is 0 Å². The van der Waals surface area contributed by atoms with Crippen molar-refractivity contribution in [2.24, 2.45) is 0 Å². The van der Waals surface area contributed by atoms with Crippen LogP contribution in [0.5, 0.6) is 0 Å². The molecule has 0 saturated heterocycles. The van der Waals surface area contributed by atoms with E-state index in [1.807, 2.05) is 0 Å². The third kappa shape index (κ3) is 3.60. The molecule has 0 spiro atoms. The van der Waals surface area contributed by atoms with Crippen molar-refractivity contribution in [2.45, 2.75) is 31.5 Å². The molecule has 0 aromatic heterocycles. The minimum absolute atomic E-state index is 0.276. The van der Waals surface area contributed by atoms with E-state index in [-0.39, 0.29) is 4.83 Å². The van der Waals surface area contributed by atoms with Gasteiger partial charge in [0.2, 0.25) is 0 Å². The van der Waals surface area contributed by atoms with E-state index >= 15 is 0 Å². The van der Waals surface area contributed by atoms with Gasteiger partial charge in [0, 0.05) is 3.57 Å². The summed E-state index contributed by atoms with van der Waals surface area (Å²) in [5.41, 5.74) is 5.60. The van der Waals surface area contributed by atoms with Crippen LogP contribution in [0.1, 0.15) is 40.9 Å². The first kappa shape index (κ1) is 15.0. The summed E-state index contributed by atoms with van der Waals surface area (Å²) in [4.78, 5) is 0.276. The first-order chi connectivity index (χ1) is 9.15. The lowest BCUT2D eigenvalue weighted by Gasteiger charge is -2.14. The lowest BCUT2D eigenvalue weighted by atomic mass is 9.97. The summed E-state index contributed by atoms with van der Waals surface area (Å²) >= 11 is 6.20. The SMILES string of the molecule is CCc1ccc(C(Br)c2cccc(I)c2)cc1CC. The number of halogens is 2. The zero-order valence-electron chi connectivity index (χ0n) is 11.3. The first-order valence-corrected chi connectivity index (χ1v) is 8.66. The van der Waals surface area contributed by atoms with Crippen LogP contribution in [-0.4, -0.2) is 0 Å². The van der Waals surface area contributed by atoms with Crippen molar-refractivity contribution in [3.8, 4) is 0 Å². The van der Waals surface area contributed by atoms with Crippen molar-refractivity contribution in [3.63, 3.8) is 0 Å². The summed E-state index contributed by atoms with van der Waals surface area (Å²) < 4.78 is 1.28. The number of hydrogen-bond acceptors (Lipinski definition) is 0. The van der Waals surface area contributed by atoms with Gasteiger partial charge in [-0.2, -0.15) is 0 Å². The van der Waals surface area contributed by atoms with Crippen molar-refractivity contribution >= 4 is 38.5 Å². The third-order valence-corrected chi connectivity index (χ3v) is 5.15. The van der Waals surface area contributed by atoms with Crippen LogP contribution in [-0.2, 0) is 12.8 Å². The maximum absolute atomic E-state index is 3.83. The molecule has 0 aliphatic heterocycles. The van der Waals surface area contributed by atoms with Crippen LogP contribution in [0.3, 0.4) is 0 Å². The molecular formula is C17H18BrI. The van der Waals surface area contributed by atoms with E-state index in [1.165, 1.54) is 25.8 Å². The predicted octanol–water partition coefficient (Wildman–Crippen LogP) is 5.90. The molecule has 0 aliphatic carbocycles. The van der Waals surface area contributed by atoms with Crippen LogP contribution in [0.25, 0.3) is 0 Å². The second kappa shape index (κ2) is 6.89. The molecule has 0 radical (unpaired) electrons. The van der Waals surface area contributed by atoms with E-state index in [2.05, 4.69) is 94.8 Å². The number of alkyl halides is 1. The Bertz CT molecular complexity index is 563. The van der Waals surface area contributed by atoms with Crippen LogP contribution < -0.4 is 0 Å². The molecule has 0 fully saturated rings. The maximum Gasteiger partial charge on any atom is 0.0645 e. The number of benzene rings is 2. The highest BCUT2D eigenvalue weighted by Gasteiger charge is 2.12. The van der Waals surface area contributed by atoms with E-state index in [0.717, 1.165) is 12.8 Å². The minimum Gasteiger partial charge on any atom is -0.0786 e. The van der Waals surface area contributed by atoms with E-state index in [1.54, 1.807) is 0 Å². The molecule has 2 aromatic rings. The topological polar surface area (TPSA) is 0 Å². The molecule has 2 rings (SSSR count). The van der Waals surface area contributed by atoms with Gasteiger partial charge in [-0.1, -0.05) is 60.1 Å². The lowest BCUT2D eigenvalue weighted by Crippen LogP contribution is -1.97. The summed E-state index contributed by atoms with van der Waals surface area (Å²) in [6.07, 6.45) is 2.21. The molecule has 0 amide bonds. The molecule has 0 heterocycles. The van der Waals surface area contributed by atoms with Crippen LogP contribution >= 0.6 is 38.5 Å². The highest BCUT2D eigenvalue weighted by molar-refractivity contribution is 14.1. The van der Waals surface area contributed by atoms with Gasteiger partial charge in [-0.25, -0.2) is 0 Å². The summed E-state index contributed by atoms with van der Waals surface area (Å²) in [6.45, 7) is 4.45. The van der Waals surface area contributed by atoms with Crippen molar-refractivity contribution in [2.75, 3.05) is 0 Å². The van der Waals surface area contributed by atoms with Gasteiger partial charge in [0.15, 0.2) is 0 Å². The highest BCUT2D eigenvalue weighted by Crippen LogP contribution is 2.32. The summed E-state index contributed by atoms with van der Waals surface area (Å²) in [7, 11) is 0. The Labute approximate surface area is 137 Å². The zero-order valence-corrected chi connectivity index (χ0v) is 15.0. The Morgan fingerprint density at radius 3 is 2.26 bits per heavy atom. The third-order valence-electron chi connectivity index (χ3n) is 3.43. The Balaban J connectivity index is 2.36. The molecule has 1 atom stereocenters. The molecular weight excluding hydrogens is 411 g/mol. The predicted molar refractivity (Wildman–Crippen MR) is 95.1 cm³/mol. The molecule has 2 heteroatoms. The fourth-order valence-corrected chi connectivity index (χ4v) is 3.47.